The Balaban J connectivity index is 1.54. The van der Waals surface area contributed by atoms with Gasteiger partial charge < -0.3 is 5.32 Å². The molecular formula is C22H22N4OS2. The number of anilines is 1. The number of nitrogens with one attached hydrogen (secondary N) is 1. The second kappa shape index (κ2) is 10.2. The zero-order valence-electron chi connectivity index (χ0n) is 16.4. The lowest BCUT2D eigenvalue weighted by Gasteiger charge is -2.08. The monoisotopic (exact) mass is 422 g/mol. The highest BCUT2D eigenvalue weighted by Gasteiger charge is 2.11. The van der Waals surface area contributed by atoms with Crippen molar-refractivity contribution in [2.45, 2.75) is 31.7 Å². The second-order valence-corrected chi connectivity index (χ2v) is 8.86. The molecule has 2 aromatic heterocycles. The van der Waals surface area contributed by atoms with Crippen LogP contribution in [0.4, 0.5) is 5.13 Å². The van der Waals surface area contributed by atoms with Crippen LogP contribution < -0.4 is 5.32 Å². The van der Waals surface area contributed by atoms with Crippen LogP contribution in [0.25, 0.3) is 11.3 Å². The first kappa shape index (κ1) is 21.0. The highest BCUT2D eigenvalue weighted by Crippen LogP contribution is 2.25. The molecule has 3 aromatic rings. The third-order valence-corrected chi connectivity index (χ3v) is 5.79. The van der Waals surface area contributed by atoms with Crippen molar-refractivity contribution < 1.29 is 4.79 Å². The maximum absolute atomic E-state index is 12.3. The van der Waals surface area contributed by atoms with Crippen LogP contribution in [0.3, 0.4) is 0 Å². The molecule has 0 aliphatic rings. The van der Waals surface area contributed by atoms with Crippen LogP contribution in [0.2, 0.25) is 0 Å². The molecule has 1 N–H and O–H groups in total. The van der Waals surface area contributed by atoms with Crippen LogP contribution in [0.5, 0.6) is 0 Å². The summed E-state index contributed by atoms with van der Waals surface area (Å²) in [5.41, 5.74) is 3.40. The number of nitrogens with zero attached hydrogens (tertiary/aromatic N) is 3. The van der Waals surface area contributed by atoms with Gasteiger partial charge in [-0.15, -0.1) is 23.1 Å². The highest BCUT2D eigenvalue weighted by molar-refractivity contribution is 7.99. The van der Waals surface area contributed by atoms with Crippen molar-refractivity contribution in [2.75, 3.05) is 11.1 Å². The minimum Gasteiger partial charge on any atom is -0.302 e. The number of pyridine rings is 1. The predicted octanol–water partition coefficient (Wildman–Crippen LogP) is 5.40. The van der Waals surface area contributed by atoms with E-state index in [1.807, 2.05) is 47.8 Å². The number of nitriles is 1. The Morgan fingerprint density at radius 3 is 2.72 bits per heavy atom. The number of rotatable bonds is 8. The summed E-state index contributed by atoms with van der Waals surface area (Å²) in [5, 5.41) is 15.4. The van der Waals surface area contributed by atoms with E-state index >= 15 is 0 Å². The van der Waals surface area contributed by atoms with E-state index in [0.717, 1.165) is 23.4 Å². The molecule has 0 radical (unpaired) electrons. The van der Waals surface area contributed by atoms with Gasteiger partial charge in [0, 0.05) is 28.8 Å². The van der Waals surface area contributed by atoms with Crippen molar-refractivity contribution in [3.05, 3.63) is 59.1 Å². The molecule has 1 aromatic carbocycles. The van der Waals surface area contributed by atoms with Gasteiger partial charge in [-0.3, -0.25) is 4.79 Å². The van der Waals surface area contributed by atoms with E-state index in [9.17, 15) is 10.1 Å². The summed E-state index contributed by atoms with van der Waals surface area (Å²) in [6.45, 7) is 4.28. The molecule has 0 bridgehead atoms. The standard InChI is InChI=1S/C22H22N4OS2/c1-15(2)12-18-9-8-17(13-23)21(24-18)28-11-10-20(27)26-22-25-19(14-29-22)16-6-4-3-5-7-16/h3-9,14-15H,10-12H2,1-2H3,(H,25,26,27). The number of hydrogen-bond acceptors (Lipinski definition) is 6. The summed E-state index contributed by atoms with van der Waals surface area (Å²) in [6, 6.07) is 15.8. The van der Waals surface area contributed by atoms with E-state index < -0.39 is 0 Å². The maximum Gasteiger partial charge on any atom is 0.226 e. The normalized spacial score (nSPS) is 10.7. The summed E-state index contributed by atoms with van der Waals surface area (Å²) >= 11 is 2.85. The summed E-state index contributed by atoms with van der Waals surface area (Å²) in [4.78, 5) is 21.3. The molecule has 0 unspecified atom stereocenters. The van der Waals surface area contributed by atoms with Gasteiger partial charge in [-0.2, -0.15) is 5.26 Å². The number of thioether (sulfide) groups is 1. The van der Waals surface area contributed by atoms with Gasteiger partial charge in [0.2, 0.25) is 5.91 Å². The molecule has 0 atom stereocenters. The summed E-state index contributed by atoms with van der Waals surface area (Å²) in [5.74, 6) is 0.955. The minimum atomic E-state index is -0.0942. The molecule has 7 heteroatoms. The molecule has 3 rings (SSSR count). The first-order valence-electron chi connectivity index (χ1n) is 9.38. The Hall–Kier alpha value is -2.69. The Kier molecular flexibility index (Phi) is 7.39. The molecule has 0 aliphatic carbocycles. The van der Waals surface area contributed by atoms with Gasteiger partial charge in [0.25, 0.3) is 0 Å². The Bertz CT molecular complexity index is 1010. The molecule has 0 aliphatic heterocycles. The summed E-state index contributed by atoms with van der Waals surface area (Å²) < 4.78 is 0. The van der Waals surface area contributed by atoms with Crippen LogP contribution in [0.15, 0.2) is 52.9 Å². The van der Waals surface area contributed by atoms with Crippen molar-refractivity contribution in [3.63, 3.8) is 0 Å². The van der Waals surface area contributed by atoms with E-state index in [2.05, 4.69) is 35.2 Å². The van der Waals surface area contributed by atoms with Gasteiger partial charge in [-0.05, 0) is 24.5 Å². The van der Waals surface area contributed by atoms with Gasteiger partial charge in [0.1, 0.15) is 11.1 Å². The maximum atomic E-state index is 12.3. The largest absolute Gasteiger partial charge is 0.302 e. The lowest BCUT2D eigenvalue weighted by molar-refractivity contribution is -0.115. The number of aromatic nitrogens is 2. The van der Waals surface area contributed by atoms with E-state index in [0.29, 0.717) is 33.8 Å². The fraction of sp³-hybridized carbons (Fsp3) is 0.273. The van der Waals surface area contributed by atoms with Crippen molar-refractivity contribution in [3.8, 4) is 17.3 Å². The predicted molar refractivity (Wildman–Crippen MR) is 119 cm³/mol. The smallest absolute Gasteiger partial charge is 0.226 e. The SMILES string of the molecule is CC(C)Cc1ccc(C#N)c(SCCC(=O)Nc2nc(-c3ccccc3)cs2)n1. The van der Waals surface area contributed by atoms with Crippen LogP contribution in [-0.2, 0) is 11.2 Å². The van der Waals surface area contributed by atoms with Crippen LogP contribution in [-0.4, -0.2) is 21.6 Å². The lowest BCUT2D eigenvalue weighted by atomic mass is 10.1. The second-order valence-electron chi connectivity index (χ2n) is 6.92. The molecule has 29 heavy (non-hydrogen) atoms. The first-order valence-corrected chi connectivity index (χ1v) is 11.3. The van der Waals surface area contributed by atoms with E-state index in [4.69, 9.17) is 0 Å². The number of carbonyl (C=O) groups is 1. The zero-order chi connectivity index (χ0) is 20.6. The fourth-order valence-electron chi connectivity index (χ4n) is 2.70. The van der Waals surface area contributed by atoms with Crippen LogP contribution >= 0.6 is 23.1 Å². The number of benzene rings is 1. The first-order chi connectivity index (χ1) is 14.0. The van der Waals surface area contributed by atoms with E-state index in [1.165, 1.54) is 23.1 Å². The van der Waals surface area contributed by atoms with Gasteiger partial charge in [-0.25, -0.2) is 9.97 Å². The van der Waals surface area contributed by atoms with Crippen LogP contribution in [0, 0.1) is 17.2 Å². The van der Waals surface area contributed by atoms with Crippen molar-refractivity contribution in [1.82, 2.24) is 9.97 Å². The van der Waals surface area contributed by atoms with E-state index in [1.54, 1.807) is 0 Å². The Labute approximate surface area is 179 Å². The molecule has 1 amide bonds. The average molecular weight is 423 g/mol. The zero-order valence-corrected chi connectivity index (χ0v) is 18.0. The molecule has 0 fully saturated rings. The summed E-state index contributed by atoms with van der Waals surface area (Å²) in [6.07, 6.45) is 1.19. The van der Waals surface area contributed by atoms with Gasteiger partial charge >= 0.3 is 0 Å². The van der Waals surface area contributed by atoms with Crippen molar-refractivity contribution in [1.29, 1.82) is 5.26 Å². The van der Waals surface area contributed by atoms with Gasteiger partial charge in [-0.1, -0.05) is 44.2 Å². The molecule has 148 valence electrons. The van der Waals surface area contributed by atoms with E-state index in [-0.39, 0.29) is 5.91 Å². The molecule has 0 spiro atoms. The molecule has 0 saturated carbocycles. The average Bonchev–Trinajstić information content (AvgIpc) is 3.17. The van der Waals surface area contributed by atoms with Gasteiger partial charge in [0.15, 0.2) is 5.13 Å². The Morgan fingerprint density at radius 1 is 1.21 bits per heavy atom. The minimum absolute atomic E-state index is 0.0942. The van der Waals surface area contributed by atoms with Crippen molar-refractivity contribution >= 4 is 34.1 Å². The Morgan fingerprint density at radius 2 is 2.00 bits per heavy atom. The molecular weight excluding hydrogens is 400 g/mol. The number of amides is 1. The van der Waals surface area contributed by atoms with Crippen LogP contribution in [0.1, 0.15) is 31.5 Å². The number of thiazole rings is 1. The third-order valence-electron chi connectivity index (χ3n) is 4.04. The third kappa shape index (κ3) is 6.14. The lowest BCUT2D eigenvalue weighted by Crippen LogP contribution is -2.12. The quantitative estimate of drug-likeness (QED) is 0.492. The summed E-state index contributed by atoms with van der Waals surface area (Å²) in [7, 11) is 0. The number of carbonyl (C=O) groups excluding carboxylic acids is 1. The fourth-order valence-corrected chi connectivity index (χ4v) is 4.37. The molecule has 0 saturated heterocycles. The highest BCUT2D eigenvalue weighted by atomic mass is 32.2. The van der Waals surface area contributed by atoms with Crippen molar-refractivity contribution in [2.24, 2.45) is 5.92 Å². The molecule has 2 heterocycles. The van der Waals surface area contributed by atoms with Gasteiger partial charge in [0.05, 0.1) is 11.3 Å². The number of hydrogen-bond donors (Lipinski definition) is 1. The topological polar surface area (TPSA) is 78.7 Å². The molecule has 5 nitrogen and oxygen atoms in total.